The van der Waals surface area contributed by atoms with E-state index in [1.54, 1.807) is 0 Å². The average molecular weight is 397 g/mol. The summed E-state index contributed by atoms with van der Waals surface area (Å²) in [5.74, 6) is -2.95. The van der Waals surface area contributed by atoms with Crippen molar-refractivity contribution in [2.45, 2.75) is 50.2 Å². The first-order chi connectivity index (χ1) is 10.7. The fraction of sp³-hybridized carbons (Fsp3) is 0.692. The van der Waals surface area contributed by atoms with Gasteiger partial charge >= 0.3 is 23.9 Å². The number of hydrogen-bond donors (Lipinski definition) is 0. The summed E-state index contributed by atoms with van der Waals surface area (Å²) in [5.41, 5.74) is 0. The van der Waals surface area contributed by atoms with Crippen LogP contribution < -0.4 is 0 Å². The molecule has 1 aliphatic heterocycles. The van der Waals surface area contributed by atoms with Crippen LogP contribution in [0.25, 0.3) is 0 Å². The van der Waals surface area contributed by atoms with Gasteiger partial charge in [-0.15, -0.1) is 0 Å². The Bertz CT molecular complexity index is 492. The standard InChI is InChI=1S/C13H17BrO9/c1-5(15)20-8-9(21-6(2)16)11(13(18)19-4)23-12(14)10(8)22-7(3)17/h8-12H,1-4H3/t8-,9-,10+,11+,12+/m0/s1. The van der Waals surface area contributed by atoms with Gasteiger partial charge in [-0.2, -0.15) is 0 Å². The molecule has 9 nitrogen and oxygen atoms in total. The second kappa shape index (κ2) is 8.25. The molecule has 10 heteroatoms. The monoisotopic (exact) mass is 396 g/mol. The summed E-state index contributed by atoms with van der Waals surface area (Å²) in [5, 5.41) is -0.980. The van der Waals surface area contributed by atoms with E-state index >= 15 is 0 Å². The SMILES string of the molecule is COC(=O)[C@@H]1O[C@@H](Br)[C@H](OC(C)=O)[C@@H](OC(C)=O)[C@@H]1OC(C)=O. The largest absolute Gasteiger partial charge is 0.467 e. The first-order valence-corrected chi connectivity index (χ1v) is 7.48. The molecule has 130 valence electrons. The van der Waals surface area contributed by atoms with Crippen LogP contribution >= 0.6 is 15.9 Å². The average Bonchev–Trinajstić information content (AvgIpc) is 2.43. The summed E-state index contributed by atoms with van der Waals surface area (Å²) < 4.78 is 25.2. The van der Waals surface area contributed by atoms with E-state index in [1.807, 2.05) is 0 Å². The van der Waals surface area contributed by atoms with Crippen LogP contribution in [0.15, 0.2) is 0 Å². The lowest BCUT2D eigenvalue weighted by molar-refractivity contribution is -0.234. The molecule has 0 N–H and O–H groups in total. The van der Waals surface area contributed by atoms with E-state index in [2.05, 4.69) is 20.7 Å². The Hall–Kier alpha value is -1.68. The number of methoxy groups -OCH3 is 1. The maximum atomic E-state index is 11.9. The van der Waals surface area contributed by atoms with Crippen LogP contribution in [0.2, 0.25) is 0 Å². The molecule has 0 aliphatic carbocycles. The first-order valence-electron chi connectivity index (χ1n) is 6.56. The molecule has 0 aromatic heterocycles. The van der Waals surface area contributed by atoms with Gasteiger partial charge in [-0.3, -0.25) is 14.4 Å². The minimum absolute atomic E-state index is 0.668. The molecule has 0 bridgehead atoms. The van der Waals surface area contributed by atoms with Crippen molar-refractivity contribution < 1.29 is 42.9 Å². The van der Waals surface area contributed by atoms with E-state index in [0.29, 0.717) is 0 Å². The molecule has 0 radical (unpaired) electrons. The Morgan fingerprint density at radius 2 is 1.26 bits per heavy atom. The Morgan fingerprint density at radius 3 is 1.70 bits per heavy atom. The van der Waals surface area contributed by atoms with Crippen molar-refractivity contribution >= 4 is 39.8 Å². The Morgan fingerprint density at radius 1 is 0.826 bits per heavy atom. The van der Waals surface area contributed by atoms with Gasteiger partial charge in [0.15, 0.2) is 29.4 Å². The topological polar surface area (TPSA) is 114 Å². The number of esters is 4. The second-order valence-electron chi connectivity index (χ2n) is 4.65. The molecule has 1 fully saturated rings. The highest BCUT2D eigenvalue weighted by atomic mass is 79.9. The highest BCUT2D eigenvalue weighted by Crippen LogP contribution is 2.31. The van der Waals surface area contributed by atoms with Gasteiger partial charge in [0.25, 0.3) is 0 Å². The predicted molar refractivity (Wildman–Crippen MR) is 76.3 cm³/mol. The van der Waals surface area contributed by atoms with Crippen molar-refractivity contribution in [3.63, 3.8) is 0 Å². The normalized spacial score (nSPS) is 30.0. The van der Waals surface area contributed by atoms with Crippen molar-refractivity contribution in [1.82, 2.24) is 0 Å². The highest BCUT2D eigenvalue weighted by Gasteiger charge is 2.53. The molecule has 1 aliphatic rings. The summed E-state index contributed by atoms with van der Waals surface area (Å²) in [4.78, 5) is 45.8. The summed E-state index contributed by atoms with van der Waals surface area (Å²) in [6.45, 7) is 3.39. The van der Waals surface area contributed by atoms with Gasteiger partial charge in [-0.25, -0.2) is 4.79 Å². The van der Waals surface area contributed by atoms with Crippen LogP contribution in [-0.2, 0) is 42.9 Å². The van der Waals surface area contributed by atoms with E-state index in [4.69, 9.17) is 18.9 Å². The third-order valence-corrected chi connectivity index (χ3v) is 3.56. The summed E-state index contributed by atoms with van der Waals surface area (Å²) >= 11 is 3.11. The molecule has 0 aromatic carbocycles. The fourth-order valence-electron chi connectivity index (χ4n) is 2.07. The van der Waals surface area contributed by atoms with Crippen molar-refractivity contribution in [2.75, 3.05) is 7.11 Å². The molecule has 5 atom stereocenters. The van der Waals surface area contributed by atoms with Crippen LogP contribution in [0.3, 0.4) is 0 Å². The maximum absolute atomic E-state index is 11.9. The van der Waals surface area contributed by atoms with Crippen LogP contribution in [0.1, 0.15) is 20.8 Å². The van der Waals surface area contributed by atoms with Crippen LogP contribution in [0.4, 0.5) is 0 Å². The molecule has 0 amide bonds. The Labute approximate surface area is 140 Å². The lowest BCUT2D eigenvalue weighted by Gasteiger charge is -2.41. The number of alkyl halides is 1. The zero-order valence-corrected chi connectivity index (χ0v) is 14.5. The van der Waals surface area contributed by atoms with E-state index in [0.717, 1.165) is 27.9 Å². The number of rotatable bonds is 4. The van der Waals surface area contributed by atoms with Gasteiger partial charge in [0.2, 0.25) is 0 Å². The number of carbonyl (C=O) groups excluding carboxylic acids is 4. The van der Waals surface area contributed by atoms with Gasteiger partial charge in [0.1, 0.15) is 0 Å². The summed E-state index contributed by atoms with van der Waals surface area (Å²) in [6, 6.07) is 0. The van der Waals surface area contributed by atoms with Crippen LogP contribution in [0.5, 0.6) is 0 Å². The molecule has 1 heterocycles. The molecular formula is C13H17BrO9. The van der Waals surface area contributed by atoms with Gasteiger partial charge in [-0.1, -0.05) is 15.9 Å². The van der Waals surface area contributed by atoms with Gasteiger partial charge in [0.05, 0.1) is 7.11 Å². The van der Waals surface area contributed by atoms with E-state index in [-0.39, 0.29) is 0 Å². The first kappa shape index (κ1) is 19.4. The van der Waals surface area contributed by atoms with Crippen molar-refractivity contribution in [1.29, 1.82) is 0 Å². The summed E-state index contributed by atoms with van der Waals surface area (Å²) in [7, 11) is 1.12. The maximum Gasteiger partial charge on any atom is 0.339 e. The van der Waals surface area contributed by atoms with E-state index in [1.165, 1.54) is 0 Å². The second-order valence-corrected chi connectivity index (χ2v) is 5.56. The zero-order valence-electron chi connectivity index (χ0n) is 12.9. The minimum Gasteiger partial charge on any atom is -0.467 e. The fourth-order valence-corrected chi connectivity index (χ4v) is 2.71. The van der Waals surface area contributed by atoms with E-state index < -0.39 is 53.3 Å². The summed E-state index contributed by atoms with van der Waals surface area (Å²) in [6.07, 6.45) is -5.06. The highest BCUT2D eigenvalue weighted by molar-refractivity contribution is 9.09. The third kappa shape index (κ3) is 5.17. The number of halogens is 1. The van der Waals surface area contributed by atoms with Gasteiger partial charge < -0.3 is 23.7 Å². The van der Waals surface area contributed by atoms with Crippen molar-refractivity contribution in [2.24, 2.45) is 0 Å². The molecule has 0 saturated carbocycles. The number of hydrogen-bond acceptors (Lipinski definition) is 9. The molecule has 0 unspecified atom stereocenters. The molecule has 0 aromatic rings. The molecular weight excluding hydrogens is 380 g/mol. The molecule has 1 saturated heterocycles. The molecule has 0 spiro atoms. The molecule has 23 heavy (non-hydrogen) atoms. The third-order valence-electron chi connectivity index (χ3n) is 2.82. The van der Waals surface area contributed by atoms with Gasteiger partial charge in [-0.05, 0) is 0 Å². The predicted octanol–water partition coefficient (Wildman–Crippen LogP) is 0.0743. The smallest absolute Gasteiger partial charge is 0.339 e. The minimum atomic E-state index is -1.36. The van der Waals surface area contributed by atoms with Crippen molar-refractivity contribution in [3.05, 3.63) is 0 Å². The lowest BCUT2D eigenvalue weighted by Crippen LogP contribution is -2.61. The number of carbonyl (C=O) groups is 4. The van der Waals surface area contributed by atoms with Crippen LogP contribution in [0, 0.1) is 0 Å². The quantitative estimate of drug-likeness (QED) is 0.369. The lowest BCUT2D eigenvalue weighted by atomic mass is 9.99. The molecule has 1 rings (SSSR count). The van der Waals surface area contributed by atoms with Crippen molar-refractivity contribution in [3.8, 4) is 0 Å². The zero-order chi connectivity index (χ0) is 17.7. The van der Waals surface area contributed by atoms with Crippen LogP contribution in [-0.4, -0.2) is 60.4 Å². The Kier molecular flexibility index (Phi) is 6.95. The Balaban J connectivity index is 3.21. The number of ether oxygens (including phenoxy) is 5. The van der Waals surface area contributed by atoms with Gasteiger partial charge in [0, 0.05) is 20.8 Å². The van der Waals surface area contributed by atoms with E-state index in [9.17, 15) is 19.2 Å².